The summed E-state index contributed by atoms with van der Waals surface area (Å²) in [5.41, 5.74) is 2.06. The first-order valence-corrected chi connectivity index (χ1v) is 7.77. The first-order chi connectivity index (χ1) is 9.97. The molecule has 2 N–H and O–H groups in total. The van der Waals surface area contributed by atoms with E-state index < -0.39 is 0 Å². The monoisotopic (exact) mass is 339 g/mol. The van der Waals surface area contributed by atoms with E-state index in [4.69, 9.17) is 28.6 Å². The van der Waals surface area contributed by atoms with Gasteiger partial charge in [-0.25, -0.2) is 4.98 Å². The van der Waals surface area contributed by atoms with Crippen molar-refractivity contribution in [1.82, 2.24) is 4.98 Å². The molecule has 2 aromatic rings. The molecule has 0 spiro atoms. The summed E-state index contributed by atoms with van der Waals surface area (Å²) >= 11 is 13.3. The number of aliphatic hydroxyl groups is 1. The van der Waals surface area contributed by atoms with E-state index in [1.54, 1.807) is 23.1 Å². The van der Waals surface area contributed by atoms with E-state index in [0.29, 0.717) is 26.3 Å². The lowest BCUT2D eigenvalue weighted by Gasteiger charge is -2.19. The molecule has 1 aromatic heterocycles. The van der Waals surface area contributed by atoms with Crippen molar-refractivity contribution < 1.29 is 5.11 Å². The van der Waals surface area contributed by atoms with Crippen LogP contribution in [0, 0.1) is 12.3 Å². The zero-order valence-corrected chi connectivity index (χ0v) is 13.4. The van der Waals surface area contributed by atoms with Gasteiger partial charge in [0, 0.05) is 16.8 Å². The summed E-state index contributed by atoms with van der Waals surface area (Å²) in [5.74, 6) is 0.348. The number of thiazole rings is 1. The van der Waals surface area contributed by atoms with Crippen LogP contribution >= 0.6 is 34.5 Å². The largest absolute Gasteiger partial charge is 0.510 e. The highest BCUT2D eigenvalue weighted by atomic mass is 35.5. The number of halogens is 2. The zero-order chi connectivity index (χ0) is 15.1. The van der Waals surface area contributed by atoms with Gasteiger partial charge in [0.2, 0.25) is 0 Å². The summed E-state index contributed by atoms with van der Waals surface area (Å²) in [6, 6.07) is 5.13. The minimum absolute atomic E-state index is 0.139. The van der Waals surface area contributed by atoms with E-state index in [1.807, 2.05) is 12.3 Å². The molecule has 0 atom stereocenters. The Balaban J connectivity index is 1.96. The Kier molecular flexibility index (Phi) is 3.65. The highest BCUT2D eigenvalue weighted by Crippen LogP contribution is 2.34. The molecule has 1 aliphatic rings. The fourth-order valence-corrected chi connectivity index (χ4v) is 3.30. The molecule has 0 fully saturated rings. The van der Waals surface area contributed by atoms with E-state index >= 15 is 0 Å². The second kappa shape index (κ2) is 5.33. The van der Waals surface area contributed by atoms with E-state index in [2.05, 4.69) is 4.98 Å². The molecule has 7 heteroatoms. The van der Waals surface area contributed by atoms with E-state index in [-0.39, 0.29) is 18.1 Å². The number of aliphatic hydroxyl groups excluding tert-OH is 1. The van der Waals surface area contributed by atoms with Crippen LogP contribution in [0.5, 0.6) is 0 Å². The number of hydrogen-bond donors (Lipinski definition) is 2. The number of anilines is 1. The van der Waals surface area contributed by atoms with Crippen LogP contribution in [0.2, 0.25) is 10.0 Å². The van der Waals surface area contributed by atoms with Gasteiger partial charge in [-0.15, -0.1) is 11.3 Å². The smallest absolute Gasteiger partial charge is 0.139 e. The van der Waals surface area contributed by atoms with Crippen molar-refractivity contribution in [1.29, 1.82) is 5.41 Å². The topological polar surface area (TPSA) is 60.2 Å². The van der Waals surface area contributed by atoms with Crippen LogP contribution in [-0.4, -0.2) is 22.5 Å². The lowest BCUT2D eigenvalue weighted by molar-refractivity contribution is 0.411. The molecule has 21 heavy (non-hydrogen) atoms. The number of nitrogens with one attached hydrogen (secondary N) is 1. The third-order valence-electron chi connectivity index (χ3n) is 3.15. The maximum atomic E-state index is 10.2. The standard InChI is InChI=1S/C14H11Cl2N3OS/c1-7-6-21-14(18-7)12-11(20)5-19(13(12)17)8-2-3-9(15)10(16)4-8/h2-4,6,17,20H,5H2,1H3. The van der Waals surface area contributed by atoms with Gasteiger partial charge in [0.1, 0.15) is 16.6 Å². The number of aromatic nitrogens is 1. The van der Waals surface area contributed by atoms with Crippen molar-refractivity contribution in [2.75, 3.05) is 11.4 Å². The SMILES string of the molecule is Cc1csc(C2=C(O)CN(c3ccc(Cl)c(Cl)c3)C2=N)n1. The van der Waals surface area contributed by atoms with Gasteiger partial charge in [0.05, 0.1) is 22.2 Å². The fourth-order valence-electron chi connectivity index (χ4n) is 2.15. The first kappa shape index (κ1) is 14.4. The number of benzene rings is 1. The van der Waals surface area contributed by atoms with Crippen LogP contribution in [0.4, 0.5) is 5.69 Å². The number of hydrogen-bond acceptors (Lipinski definition) is 4. The van der Waals surface area contributed by atoms with Gasteiger partial charge in [0.25, 0.3) is 0 Å². The maximum absolute atomic E-state index is 10.2. The fraction of sp³-hybridized carbons (Fsp3) is 0.143. The molecular formula is C14H11Cl2N3OS. The normalized spacial score (nSPS) is 15.2. The van der Waals surface area contributed by atoms with Crippen LogP contribution in [0.25, 0.3) is 5.57 Å². The molecule has 108 valence electrons. The van der Waals surface area contributed by atoms with Gasteiger partial charge in [-0.1, -0.05) is 23.2 Å². The van der Waals surface area contributed by atoms with Crippen LogP contribution in [0.3, 0.4) is 0 Å². The second-order valence-electron chi connectivity index (χ2n) is 4.65. The summed E-state index contributed by atoms with van der Waals surface area (Å²) in [5, 5.41) is 21.9. The summed E-state index contributed by atoms with van der Waals surface area (Å²) in [7, 11) is 0. The molecule has 4 nitrogen and oxygen atoms in total. The lowest BCUT2D eigenvalue weighted by atomic mass is 10.2. The molecule has 0 unspecified atom stereocenters. The average Bonchev–Trinajstić information content (AvgIpc) is 2.97. The van der Waals surface area contributed by atoms with Crippen LogP contribution in [-0.2, 0) is 0 Å². The Morgan fingerprint density at radius 3 is 2.71 bits per heavy atom. The van der Waals surface area contributed by atoms with Gasteiger partial charge < -0.3 is 10.0 Å². The maximum Gasteiger partial charge on any atom is 0.139 e. The van der Waals surface area contributed by atoms with Gasteiger partial charge in [-0.05, 0) is 25.1 Å². The molecule has 3 rings (SSSR count). The van der Waals surface area contributed by atoms with Crippen LogP contribution in [0.15, 0.2) is 29.3 Å². The number of rotatable bonds is 2. The van der Waals surface area contributed by atoms with Crippen LogP contribution < -0.4 is 4.90 Å². The number of nitrogens with zero attached hydrogens (tertiary/aromatic N) is 2. The molecule has 0 saturated heterocycles. The van der Waals surface area contributed by atoms with Crippen molar-refractivity contribution in [3.8, 4) is 0 Å². The van der Waals surface area contributed by atoms with Gasteiger partial charge in [-0.3, -0.25) is 5.41 Å². The van der Waals surface area contributed by atoms with Crippen LogP contribution in [0.1, 0.15) is 10.7 Å². The molecule has 0 bridgehead atoms. The van der Waals surface area contributed by atoms with Crippen molar-refractivity contribution >= 4 is 51.6 Å². The summed E-state index contributed by atoms with van der Waals surface area (Å²) in [6.07, 6.45) is 0. The van der Waals surface area contributed by atoms with E-state index in [0.717, 1.165) is 5.69 Å². The van der Waals surface area contributed by atoms with Gasteiger partial charge >= 0.3 is 0 Å². The van der Waals surface area contributed by atoms with Gasteiger partial charge in [0.15, 0.2) is 0 Å². The Bertz CT molecular complexity index is 769. The second-order valence-corrected chi connectivity index (χ2v) is 6.32. The molecule has 2 heterocycles. The van der Waals surface area contributed by atoms with Crippen molar-refractivity contribution in [3.05, 3.63) is 50.1 Å². The zero-order valence-electron chi connectivity index (χ0n) is 11.0. The molecule has 0 saturated carbocycles. The summed E-state index contributed by atoms with van der Waals surface area (Å²) in [6.45, 7) is 2.11. The summed E-state index contributed by atoms with van der Waals surface area (Å²) < 4.78 is 0. The predicted molar refractivity (Wildman–Crippen MR) is 87.9 cm³/mol. The quantitative estimate of drug-likeness (QED) is 0.845. The lowest BCUT2D eigenvalue weighted by Crippen LogP contribution is -2.25. The summed E-state index contributed by atoms with van der Waals surface area (Å²) in [4.78, 5) is 6.01. The number of aryl methyl sites for hydroxylation is 1. The van der Waals surface area contributed by atoms with Crippen molar-refractivity contribution in [2.45, 2.75) is 6.92 Å². The third kappa shape index (κ3) is 2.52. The molecule has 1 aliphatic heterocycles. The molecule has 0 radical (unpaired) electrons. The highest BCUT2D eigenvalue weighted by Gasteiger charge is 2.31. The minimum atomic E-state index is 0.139. The Morgan fingerprint density at radius 1 is 1.33 bits per heavy atom. The molecular weight excluding hydrogens is 329 g/mol. The average molecular weight is 340 g/mol. The minimum Gasteiger partial charge on any atom is -0.510 e. The first-order valence-electron chi connectivity index (χ1n) is 6.13. The van der Waals surface area contributed by atoms with E-state index in [1.165, 1.54) is 11.3 Å². The molecule has 0 aliphatic carbocycles. The molecule has 0 amide bonds. The Morgan fingerprint density at radius 2 is 2.10 bits per heavy atom. The Hall–Kier alpha value is -1.56. The van der Waals surface area contributed by atoms with Gasteiger partial charge in [-0.2, -0.15) is 0 Å². The third-order valence-corrected chi connectivity index (χ3v) is 4.87. The van der Waals surface area contributed by atoms with Crippen molar-refractivity contribution in [2.24, 2.45) is 0 Å². The highest BCUT2D eigenvalue weighted by molar-refractivity contribution is 7.11. The number of amidine groups is 1. The van der Waals surface area contributed by atoms with Crippen molar-refractivity contribution in [3.63, 3.8) is 0 Å². The molecule has 1 aromatic carbocycles. The predicted octanol–water partition coefficient (Wildman–Crippen LogP) is 4.52. The van der Waals surface area contributed by atoms with E-state index in [9.17, 15) is 5.11 Å². The Labute approximate surface area is 135 Å².